The minimum atomic E-state index is -0.386. The van der Waals surface area contributed by atoms with Crippen molar-refractivity contribution >= 4 is 40.8 Å². The zero-order chi connectivity index (χ0) is 23.9. The number of aryl methyl sites for hydroxylation is 1. The minimum Gasteiger partial charge on any atom is -0.452 e. The van der Waals surface area contributed by atoms with E-state index in [1.165, 1.54) is 6.07 Å². The number of rotatable bonds is 8. The van der Waals surface area contributed by atoms with E-state index in [1.54, 1.807) is 42.7 Å². The number of carbonyl (C=O) groups excluding carboxylic acids is 1. The van der Waals surface area contributed by atoms with Crippen LogP contribution < -0.4 is 14.0 Å². The van der Waals surface area contributed by atoms with E-state index in [0.29, 0.717) is 39.5 Å². The summed E-state index contributed by atoms with van der Waals surface area (Å²) in [6.45, 7) is 0.672. The van der Waals surface area contributed by atoms with Crippen molar-refractivity contribution in [2.75, 3.05) is 0 Å². The van der Waals surface area contributed by atoms with Crippen molar-refractivity contribution < 1.29 is 18.8 Å². The molecule has 2 heterocycles. The van der Waals surface area contributed by atoms with Gasteiger partial charge < -0.3 is 9.47 Å². The molecule has 172 valence electrons. The maximum absolute atomic E-state index is 12.5. The molecule has 0 saturated heterocycles. The fourth-order valence-corrected chi connectivity index (χ4v) is 3.85. The van der Waals surface area contributed by atoms with Gasteiger partial charge in [0.15, 0.2) is 23.9 Å². The number of halogens is 3. The SMILES string of the molecule is O=C(CCC[n+]1ccc(-c2ccncc2)cc1)Oc1cc(Cl)ccc1Oc1ccc(Cl)cc1Cl. The Bertz CT molecular complexity index is 1280. The van der Waals surface area contributed by atoms with Crippen LogP contribution in [0.4, 0.5) is 0 Å². The van der Waals surface area contributed by atoms with Gasteiger partial charge in [0.25, 0.3) is 0 Å². The maximum atomic E-state index is 12.5. The number of esters is 1. The highest BCUT2D eigenvalue weighted by atomic mass is 35.5. The third-order valence-corrected chi connectivity index (χ3v) is 5.71. The van der Waals surface area contributed by atoms with Crippen LogP contribution in [0.2, 0.25) is 15.1 Å². The third-order valence-electron chi connectivity index (χ3n) is 4.95. The van der Waals surface area contributed by atoms with Gasteiger partial charge in [0.2, 0.25) is 0 Å². The largest absolute Gasteiger partial charge is 0.452 e. The first-order valence-electron chi connectivity index (χ1n) is 10.5. The summed E-state index contributed by atoms with van der Waals surface area (Å²) in [5.41, 5.74) is 2.21. The molecule has 0 spiro atoms. The fourth-order valence-electron chi connectivity index (χ4n) is 3.25. The molecule has 8 heteroatoms. The predicted octanol–water partition coefficient (Wildman–Crippen LogP) is 7.17. The Morgan fingerprint density at radius 3 is 2.15 bits per heavy atom. The number of nitrogens with zero attached hydrogens (tertiary/aromatic N) is 2. The van der Waals surface area contributed by atoms with Gasteiger partial charge >= 0.3 is 5.97 Å². The smallest absolute Gasteiger partial charge is 0.311 e. The Labute approximate surface area is 212 Å². The summed E-state index contributed by atoms with van der Waals surface area (Å²) in [7, 11) is 0. The molecule has 0 aliphatic carbocycles. The number of pyridine rings is 2. The van der Waals surface area contributed by atoms with Gasteiger partial charge in [-0.05, 0) is 53.6 Å². The Balaban J connectivity index is 1.34. The lowest BCUT2D eigenvalue weighted by molar-refractivity contribution is -0.697. The van der Waals surface area contributed by atoms with E-state index in [9.17, 15) is 4.79 Å². The van der Waals surface area contributed by atoms with Gasteiger partial charge in [-0.3, -0.25) is 9.78 Å². The first kappa shape index (κ1) is 24.0. The minimum absolute atomic E-state index is 0.220. The Kier molecular flexibility index (Phi) is 8.01. The normalized spacial score (nSPS) is 10.7. The van der Waals surface area contributed by atoms with Crippen LogP contribution in [-0.4, -0.2) is 11.0 Å². The lowest BCUT2D eigenvalue weighted by Gasteiger charge is -2.13. The Hall–Kier alpha value is -3.12. The van der Waals surface area contributed by atoms with E-state index in [0.717, 1.165) is 11.1 Å². The van der Waals surface area contributed by atoms with Crippen molar-refractivity contribution in [1.29, 1.82) is 0 Å². The summed E-state index contributed by atoms with van der Waals surface area (Å²) in [6, 6.07) is 17.7. The molecule has 2 aromatic carbocycles. The molecule has 4 rings (SSSR count). The summed E-state index contributed by atoms with van der Waals surface area (Å²) in [6.07, 6.45) is 8.34. The second kappa shape index (κ2) is 11.3. The van der Waals surface area contributed by atoms with Crippen LogP contribution in [0.25, 0.3) is 11.1 Å². The second-order valence-corrected chi connectivity index (χ2v) is 8.69. The fraction of sp³-hybridized carbons (Fsp3) is 0.115. The Morgan fingerprint density at radius 2 is 1.44 bits per heavy atom. The maximum Gasteiger partial charge on any atom is 0.311 e. The number of hydrogen-bond acceptors (Lipinski definition) is 4. The van der Waals surface area contributed by atoms with Crippen molar-refractivity contribution in [3.63, 3.8) is 0 Å². The molecule has 0 aliphatic heterocycles. The highest BCUT2D eigenvalue weighted by molar-refractivity contribution is 6.35. The van der Waals surface area contributed by atoms with E-state index in [-0.39, 0.29) is 18.1 Å². The van der Waals surface area contributed by atoms with E-state index < -0.39 is 0 Å². The summed E-state index contributed by atoms with van der Waals surface area (Å²) in [5.74, 6) is 0.543. The summed E-state index contributed by atoms with van der Waals surface area (Å²) in [4.78, 5) is 16.5. The molecule has 0 atom stereocenters. The second-order valence-electron chi connectivity index (χ2n) is 7.41. The number of carbonyl (C=O) groups is 1. The highest BCUT2D eigenvalue weighted by Gasteiger charge is 2.15. The van der Waals surface area contributed by atoms with Crippen molar-refractivity contribution in [1.82, 2.24) is 4.98 Å². The molecule has 34 heavy (non-hydrogen) atoms. The van der Waals surface area contributed by atoms with Crippen molar-refractivity contribution in [2.24, 2.45) is 0 Å². The molecule has 5 nitrogen and oxygen atoms in total. The predicted molar refractivity (Wildman–Crippen MR) is 133 cm³/mol. The number of hydrogen-bond donors (Lipinski definition) is 0. The van der Waals surface area contributed by atoms with Crippen LogP contribution in [-0.2, 0) is 11.3 Å². The molecule has 0 unspecified atom stereocenters. The third kappa shape index (κ3) is 6.48. The first-order valence-corrected chi connectivity index (χ1v) is 11.6. The molecule has 0 N–H and O–H groups in total. The Morgan fingerprint density at radius 1 is 0.794 bits per heavy atom. The average molecular weight is 515 g/mol. The average Bonchev–Trinajstić information content (AvgIpc) is 2.83. The highest BCUT2D eigenvalue weighted by Crippen LogP contribution is 2.37. The van der Waals surface area contributed by atoms with Crippen LogP contribution in [0.15, 0.2) is 85.5 Å². The summed E-state index contributed by atoms with van der Waals surface area (Å²) >= 11 is 18.2. The van der Waals surface area contributed by atoms with Crippen molar-refractivity contribution in [3.8, 4) is 28.4 Å². The molecule has 0 aliphatic rings. The standard InChI is InChI=1S/C26H20Cl3N2O3/c27-20-3-5-23(22(29)16-20)33-24-6-4-21(28)17-25(24)34-26(32)2-1-13-31-14-9-19(10-15-31)18-7-11-30-12-8-18/h3-12,14-17H,1-2,13H2/q+1. The van der Waals surface area contributed by atoms with Gasteiger partial charge in [-0.25, -0.2) is 4.57 Å². The van der Waals surface area contributed by atoms with Gasteiger partial charge in [-0.2, -0.15) is 0 Å². The quantitative estimate of drug-likeness (QED) is 0.142. The van der Waals surface area contributed by atoms with E-state index in [1.807, 2.05) is 41.2 Å². The number of aromatic nitrogens is 2. The first-order chi connectivity index (χ1) is 16.5. The van der Waals surface area contributed by atoms with Gasteiger partial charge in [0.05, 0.1) is 11.4 Å². The van der Waals surface area contributed by atoms with Crippen molar-refractivity contribution in [2.45, 2.75) is 19.4 Å². The number of benzene rings is 2. The molecule has 0 amide bonds. The van der Waals surface area contributed by atoms with Crippen molar-refractivity contribution in [3.05, 3.63) is 101 Å². The molecule has 4 aromatic rings. The number of ether oxygens (including phenoxy) is 2. The van der Waals surface area contributed by atoms with Crippen LogP contribution >= 0.6 is 34.8 Å². The van der Waals surface area contributed by atoms with Crippen LogP contribution in [0.1, 0.15) is 12.8 Å². The molecular formula is C26H20Cl3N2O3+. The van der Waals surface area contributed by atoms with Crippen LogP contribution in [0.3, 0.4) is 0 Å². The molecular weight excluding hydrogens is 495 g/mol. The monoisotopic (exact) mass is 513 g/mol. The van der Waals surface area contributed by atoms with E-state index in [2.05, 4.69) is 4.98 Å². The van der Waals surface area contributed by atoms with E-state index >= 15 is 0 Å². The molecule has 2 aromatic heterocycles. The van der Waals surface area contributed by atoms with Gasteiger partial charge in [0, 0.05) is 47.1 Å². The van der Waals surface area contributed by atoms with Gasteiger partial charge in [-0.15, -0.1) is 0 Å². The van der Waals surface area contributed by atoms with E-state index in [4.69, 9.17) is 44.3 Å². The molecule has 0 bridgehead atoms. The zero-order valence-electron chi connectivity index (χ0n) is 18.0. The molecule has 0 saturated carbocycles. The van der Waals surface area contributed by atoms with Crippen LogP contribution in [0.5, 0.6) is 17.2 Å². The topological polar surface area (TPSA) is 52.3 Å². The lowest BCUT2D eigenvalue weighted by Crippen LogP contribution is -2.32. The summed E-state index contributed by atoms with van der Waals surface area (Å²) < 4.78 is 13.4. The summed E-state index contributed by atoms with van der Waals surface area (Å²) in [5, 5.41) is 1.25. The lowest BCUT2D eigenvalue weighted by atomic mass is 10.1. The molecule has 0 radical (unpaired) electrons. The van der Waals surface area contributed by atoms with Gasteiger partial charge in [0.1, 0.15) is 12.3 Å². The molecule has 0 fully saturated rings. The van der Waals surface area contributed by atoms with Gasteiger partial charge in [-0.1, -0.05) is 34.8 Å². The zero-order valence-corrected chi connectivity index (χ0v) is 20.2. The van der Waals surface area contributed by atoms with Crippen LogP contribution in [0, 0.1) is 0 Å².